The van der Waals surface area contributed by atoms with Crippen molar-refractivity contribution in [2.75, 3.05) is 5.75 Å². The average molecular weight is 313 g/mol. The van der Waals surface area contributed by atoms with Crippen LogP contribution in [-0.4, -0.2) is 16.5 Å². The predicted octanol–water partition coefficient (Wildman–Crippen LogP) is 4.56. The zero-order chi connectivity index (χ0) is 14.4. The molecule has 4 heteroatoms. The first-order valence-electron chi connectivity index (χ1n) is 7.05. The van der Waals surface area contributed by atoms with Crippen molar-refractivity contribution < 1.29 is 4.79 Å². The standard InChI is InChI=1S/C17H15NOS2/c1-10-3-2-4-13-16(10)12(8-18-13)17(19)15-7-11-9-20-6-5-14(11)21-15/h2-4,7-8,18H,5-6,9H2,1H3. The Hall–Kier alpha value is -1.52. The number of carbonyl (C=O) groups excluding carboxylic acids is 1. The summed E-state index contributed by atoms with van der Waals surface area (Å²) >= 11 is 3.63. The van der Waals surface area contributed by atoms with Crippen LogP contribution in [-0.2, 0) is 12.2 Å². The topological polar surface area (TPSA) is 32.9 Å². The van der Waals surface area contributed by atoms with Crippen LogP contribution in [0.3, 0.4) is 0 Å². The van der Waals surface area contributed by atoms with Gasteiger partial charge >= 0.3 is 0 Å². The molecule has 1 aromatic carbocycles. The summed E-state index contributed by atoms with van der Waals surface area (Å²) in [5.74, 6) is 2.37. The van der Waals surface area contributed by atoms with E-state index < -0.39 is 0 Å². The summed E-state index contributed by atoms with van der Waals surface area (Å²) in [5.41, 5.74) is 4.34. The zero-order valence-corrected chi connectivity index (χ0v) is 13.4. The average Bonchev–Trinajstić information content (AvgIpc) is 3.11. The van der Waals surface area contributed by atoms with Crippen molar-refractivity contribution in [3.05, 3.63) is 56.9 Å². The maximum absolute atomic E-state index is 12.9. The molecule has 3 heterocycles. The molecule has 0 aliphatic carbocycles. The van der Waals surface area contributed by atoms with Crippen molar-refractivity contribution in [2.45, 2.75) is 19.1 Å². The summed E-state index contributed by atoms with van der Waals surface area (Å²) in [5, 5.41) is 1.06. The van der Waals surface area contributed by atoms with Gasteiger partial charge in [-0.2, -0.15) is 11.8 Å². The van der Waals surface area contributed by atoms with E-state index in [0.717, 1.165) is 39.1 Å². The highest BCUT2D eigenvalue weighted by Gasteiger charge is 2.21. The number of hydrogen-bond donors (Lipinski definition) is 1. The summed E-state index contributed by atoms with van der Waals surface area (Å²) in [4.78, 5) is 18.4. The van der Waals surface area contributed by atoms with Crippen LogP contribution in [0.15, 0.2) is 30.5 Å². The number of nitrogens with one attached hydrogen (secondary N) is 1. The van der Waals surface area contributed by atoms with Crippen LogP contribution in [0.5, 0.6) is 0 Å². The van der Waals surface area contributed by atoms with E-state index >= 15 is 0 Å². The molecular weight excluding hydrogens is 298 g/mol. The van der Waals surface area contributed by atoms with Crippen LogP contribution in [0.25, 0.3) is 10.9 Å². The Bertz CT molecular complexity index is 820. The van der Waals surface area contributed by atoms with Gasteiger partial charge in [0.25, 0.3) is 0 Å². The number of thioether (sulfide) groups is 1. The SMILES string of the molecule is Cc1cccc2[nH]cc(C(=O)c3cc4c(s3)CCSC4)c12. The van der Waals surface area contributed by atoms with E-state index in [4.69, 9.17) is 0 Å². The Balaban J connectivity index is 1.81. The first-order valence-corrected chi connectivity index (χ1v) is 9.02. The molecule has 1 aliphatic rings. The summed E-state index contributed by atoms with van der Waals surface area (Å²) in [7, 11) is 0. The molecule has 2 nitrogen and oxygen atoms in total. The molecule has 1 aliphatic heterocycles. The maximum Gasteiger partial charge on any atom is 0.205 e. The molecule has 0 bridgehead atoms. The van der Waals surface area contributed by atoms with E-state index in [9.17, 15) is 4.79 Å². The minimum absolute atomic E-state index is 0.153. The lowest BCUT2D eigenvalue weighted by atomic mass is 10.0. The Morgan fingerprint density at radius 1 is 1.33 bits per heavy atom. The van der Waals surface area contributed by atoms with Gasteiger partial charge < -0.3 is 4.98 Å². The molecule has 0 atom stereocenters. The molecule has 0 radical (unpaired) electrons. The fourth-order valence-corrected chi connectivity index (χ4v) is 5.27. The summed E-state index contributed by atoms with van der Waals surface area (Å²) in [6.07, 6.45) is 2.96. The summed E-state index contributed by atoms with van der Waals surface area (Å²) in [6.45, 7) is 2.06. The van der Waals surface area contributed by atoms with E-state index in [0.29, 0.717) is 0 Å². The third-order valence-corrected chi connectivity index (χ3v) is 6.25. The number of aryl methyl sites for hydroxylation is 2. The quantitative estimate of drug-likeness (QED) is 0.704. The minimum atomic E-state index is 0.153. The number of benzene rings is 1. The molecule has 0 fully saturated rings. The van der Waals surface area contributed by atoms with E-state index in [1.165, 1.54) is 16.2 Å². The normalized spacial score (nSPS) is 14.3. The van der Waals surface area contributed by atoms with Crippen LogP contribution in [0.4, 0.5) is 0 Å². The van der Waals surface area contributed by atoms with E-state index in [-0.39, 0.29) is 5.78 Å². The molecule has 2 aromatic heterocycles. The lowest BCUT2D eigenvalue weighted by Crippen LogP contribution is -1.98. The molecule has 4 rings (SSSR count). The van der Waals surface area contributed by atoms with Gasteiger partial charge in [-0.3, -0.25) is 4.79 Å². The number of hydrogen-bond acceptors (Lipinski definition) is 3. The Labute approximate surface area is 131 Å². The van der Waals surface area contributed by atoms with Gasteiger partial charge in [0, 0.05) is 33.3 Å². The van der Waals surface area contributed by atoms with Crippen molar-refractivity contribution in [2.24, 2.45) is 0 Å². The Morgan fingerprint density at radius 3 is 3.10 bits per heavy atom. The second-order valence-electron chi connectivity index (χ2n) is 5.39. The van der Waals surface area contributed by atoms with E-state index in [1.807, 2.05) is 30.1 Å². The molecule has 21 heavy (non-hydrogen) atoms. The zero-order valence-electron chi connectivity index (χ0n) is 11.7. The molecule has 0 spiro atoms. The smallest absolute Gasteiger partial charge is 0.205 e. The lowest BCUT2D eigenvalue weighted by Gasteiger charge is -2.08. The molecule has 0 unspecified atom stereocenters. The fourth-order valence-electron chi connectivity index (χ4n) is 2.94. The predicted molar refractivity (Wildman–Crippen MR) is 90.7 cm³/mol. The van der Waals surface area contributed by atoms with Crippen LogP contribution in [0, 0.1) is 6.92 Å². The fraction of sp³-hybridized carbons (Fsp3) is 0.235. The second kappa shape index (κ2) is 5.04. The molecule has 0 saturated heterocycles. The highest BCUT2D eigenvalue weighted by molar-refractivity contribution is 7.98. The van der Waals surface area contributed by atoms with Crippen LogP contribution < -0.4 is 0 Å². The summed E-state index contributed by atoms with van der Waals surface area (Å²) < 4.78 is 0. The van der Waals surface area contributed by atoms with Crippen molar-refractivity contribution in [1.29, 1.82) is 0 Å². The van der Waals surface area contributed by atoms with E-state index in [2.05, 4.69) is 24.0 Å². The number of fused-ring (bicyclic) bond motifs is 2. The van der Waals surface area contributed by atoms with Crippen LogP contribution >= 0.6 is 23.1 Å². The van der Waals surface area contributed by atoms with Gasteiger partial charge in [0.1, 0.15) is 0 Å². The van der Waals surface area contributed by atoms with Crippen molar-refractivity contribution >= 4 is 39.8 Å². The van der Waals surface area contributed by atoms with E-state index in [1.54, 1.807) is 11.3 Å². The van der Waals surface area contributed by atoms with Gasteiger partial charge in [-0.15, -0.1) is 11.3 Å². The molecular formula is C17H15NOS2. The van der Waals surface area contributed by atoms with Crippen molar-refractivity contribution in [3.63, 3.8) is 0 Å². The largest absolute Gasteiger partial charge is 0.360 e. The summed E-state index contributed by atoms with van der Waals surface area (Å²) in [6, 6.07) is 8.20. The highest BCUT2D eigenvalue weighted by Crippen LogP contribution is 2.34. The van der Waals surface area contributed by atoms with Gasteiger partial charge in [0.05, 0.1) is 4.88 Å². The van der Waals surface area contributed by atoms with Gasteiger partial charge in [-0.1, -0.05) is 12.1 Å². The third-order valence-electron chi connectivity index (χ3n) is 4.01. The second-order valence-corrected chi connectivity index (χ2v) is 7.63. The number of ketones is 1. The number of rotatable bonds is 2. The van der Waals surface area contributed by atoms with Gasteiger partial charge in [-0.25, -0.2) is 0 Å². The first-order chi connectivity index (χ1) is 10.2. The Morgan fingerprint density at radius 2 is 2.24 bits per heavy atom. The molecule has 0 saturated carbocycles. The molecule has 1 N–H and O–H groups in total. The highest BCUT2D eigenvalue weighted by atomic mass is 32.2. The maximum atomic E-state index is 12.9. The third kappa shape index (κ3) is 2.14. The van der Waals surface area contributed by atoms with Crippen LogP contribution in [0.1, 0.15) is 31.2 Å². The van der Waals surface area contributed by atoms with Gasteiger partial charge in [0.15, 0.2) is 0 Å². The monoisotopic (exact) mass is 313 g/mol. The number of thiophene rings is 1. The number of aromatic nitrogens is 1. The number of carbonyl (C=O) groups is 1. The molecule has 0 amide bonds. The Kier molecular flexibility index (Phi) is 3.16. The molecule has 3 aromatic rings. The van der Waals surface area contributed by atoms with Crippen LogP contribution in [0.2, 0.25) is 0 Å². The lowest BCUT2D eigenvalue weighted by molar-refractivity contribution is 0.104. The number of aromatic amines is 1. The van der Waals surface area contributed by atoms with Crippen molar-refractivity contribution in [1.82, 2.24) is 4.98 Å². The first kappa shape index (κ1) is 13.2. The van der Waals surface area contributed by atoms with Gasteiger partial charge in [-0.05, 0) is 42.4 Å². The van der Waals surface area contributed by atoms with Crippen molar-refractivity contribution in [3.8, 4) is 0 Å². The molecule has 106 valence electrons. The van der Waals surface area contributed by atoms with Gasteiger partial charge in [0.2, 0.25) is 5.78 Å². The minimum Gasteiger partial charge on any atom is -0.360 e. The number of H-pyrrole nitrogens is 1.